The molecule has 2 heterocycles. The average Bonchev–Trinajstić information content (AvgIpc) is 2.87. The van der Waals surface area contributed by atoms with Gasteiger partial charge in [0.1, 0.15) is 0 Å². The van der Waals surface area contributed by atoms with Crippen molar-refractivity contribution in [2.24, 2.45) is 0 Å². The molecule has 0 saturated heterocycles. The highest BCUT2D eigenvalue weighted by molar-refractivity contribution is 7.10. The maximum atomic E-state index is 10.8. The molecule has 0 amide bonds. The van der Waals surface area contributed by atoms with Crippen molar-refractivity contribution < 1.29 is 9.90 Å². The van der Waals surface area contributed by atoms with Gasteiger partial charge in [0.15, 0.2) is 0 Å². The lowest BCUT2D eigenvalue weighted by molar-refractivity contribution is -0.137. The highest BCUT2D eigenvalue weighted by Crippen LogP contribution is 2.26. The maximum Gasteiger partial charge on any atom is 0.305 e. The zero-order valence-electron chi connectivity index (χ0n) is 8.04. The fraction of sp³-hybridized carbons (Fsp3) is 0.182. The van der Waals surface area contributed by atoms with Crippen molar-refractivity contribution >= 4 is 17.3 Å². The van der Waals surface area contributed by atoms with Crippen molar-refractivity contribution in [2.45, 2.75) is 12.5 Å². The zero-order chi connectivity index (χ0) is 10.7. The Morgan fingerprint density at radius 2 is 2.13 bits per heavy atom. The van der Waals surface area contributed by atoms with Crippen LogP contribution in [0, 0.1) is 0 Å². The van der Waals surface area contributed by atoms with Crippen molar-refractivity contribution in [3.05, 3.63) is 46.9 Å². The Labute approximate surface area is 91.6 Å². The van der Waals surface area contributed by atoms with E-state index in [1.807, 2.05) is 46.6 Å². The van der Waals surface area contributed by atoms with Crippen LogP contribution in [0.5, 0.6) is 0 Å². The van der Waals surface area contributed by atoms with E-state index in [0.717, 1.165) is 4.88 Å². The first kappa shape index (κ1) is 9.98. The molecule has 1 atom stereocenters. The summed E-state index contributed by atoms with van der Waals surface area (Å²) in [6.45, 7) is 0. The summed E-state index contributed by atoms with van der Waals surface area (Å²) in [5.41, 5.74) is 0. The maximum absolute atomic E-state index is 10.8. The monoisotopic (exact) mass is 221 g/mol. The Kier molecular flexibility index (Phi) is 2.87. The lowest BCUT2D eigenvalue weighted by Crippen LogP contribution is -2.12. The Morgan fingerprint density at radius 3 is 2.67 bits per heavy atom. The molecule has 15 heavy (non-hydrogen) atoms. The highest BCUT2D eigenvalue weighted by atomic mass is 32.1. The van der Waals surface area contributed by atoms with Crippen LogP contribution in [-0.4, -0.2) is 15.6 Å². The number of carboxylic acid groups (broad SMARTS) is 1. The summed E-state index contributed by atoms with van der Waals surface area (Å²) in [6.07, 6.45) is 3.91. The van der Waals surface area contributed by atoms with Gasteiger partial charge in [0.25, 0.3) is 0 Å². The van der Waals surface area contributed by atoms with Gasteiger partial charge < -0.3 is 9.67 Å². The minimum Gasteiger partial charge on any atom is -0.481 e. The molecule has 3 nitrogen and oxygen atoms in total. The Bertz CT molecular complexity index is 385. The summed E-state index contributed by atoms with van der Waals surface area (Å²) in [7, 11) is 0. The second kappa shape index (κ2) is 4.31. The molecular weight excluding hydrogens is 210 g/mol. The van der Waals surface area contributed by atoms with Gasteiger partial charge >= 0.3 is 5.97 Å². The molecule has 2 rings (SSSR count). The van der Waals surface area contributed by atoms with Crippen LogP contribution >= 0.6 is 11.3 Å². The summed E-state index contributed by atoms with van der Waals surface area (Å²) < 4.78 is 1.93. The Morgan fingerprint density at radius 1 is 1.40 bits per heavy atom. The lowest BCUT2D eigenvalue weighted by Gasteiger charge is -2.15. The zero-order valence-corrected chi connectivity index (χ0v) is 8.85. The molecule has 0 spiro atoms. The molecule has 2 aromatic rings. The number of carboxylic acids is 1. The first-order valence-corrected chi connectivity index (χ1v) is 5.53. The number of rotatable bonds is 4. The highest BCUT2D eigenvalue weighted by Gasteiger charge is 2.17. The lowest BCUT2D eigenvalue weighted by atomic mass is 10.1. The third-order valence-corrected chi connectivity index (χ3v) is 3.20. The first-order valence-electron chi connectivity index (χ1n) is 4.65. The molecule has 0 aliphatic rings. The van der Waals surface area contributed by atoms with Crippen molar-refractivity contribution in [1.82, 2.24) is 4.57 Å². The summed E-state index contributed by atoms with van der Waals surface area (Å²) >= 11 is 1.59. The van der Waals surface area contributed by atoms with E-state index in [0.29, 0.717) is 0 Å². The molecule has 78 valence electrons. The smallest absolute Gasteiger partial charge is 0.305 e. The topological polar surface area (TPSA) is 42.2 Å². The van der Waals surface area contributed by atoms with E-state index in [4.69, 9.17) is 5.11 Å². The number of hydrogen-bond acceptors (Lipinski definition) is 2. The van der Waals surface area contributed by atoms with Crippen LogP contribution in [0.1, 0.15) is 17.3 Å². The van der Waals surface area contributed by atoms with Crippen LogP contribution in [0.15, 0.2) is 42.0 Å². The van der Waals surface area contributed by atoms with Crippen molar-refractivity contribution in [1.29, 1.82) is 0 Å². The number of aromatic nitrogens is 1. The summed E-state index contributed by atoms with van der Waals surface area (Å²) in [6, 6.07) is 7.64. The van der Waals surface area contributed by atoms with Gasteiger partial charge in [-0.05, 0) is 23.6 Å². The number of hydrogen-bond donors (Lipinski definition) is 1. The number of carbonyl (C=O) groups is 1. The molecule has 0 radical (unpaired) electrons. The summed E-state index contributed by atoms with van der Waals surface area (Å²) in [5.74, 6) is -0.776. The van der Waals surface area contributed by atoms with Gasteiger partial charge in [-0.25, -0.2) is 0 Å². The van der Waals surface area contributed by atoms with E-state index >= 15 is 0 Å². The number of aliphatic carboxylic acids is 1. The van der Waals surface area contributed by atoms with Gasteiger partial charge in [-0.3, -0.25) is 4.79 Å². The predicted molar refractivity (Wildman–Crippen MR) is 59.1 cm³/mol. The minimum absolute atomic E-state index is 0.0856. The molecule has 2 aromatic heterocycles. The standard InChI is InChI=1S/C11H11NO2S/c13-11(14)8-9(10-4-3-7-15-10)12-5-1-2-6-12/h1-7,9H,8H2,(H,13,14)/t9-/m0/s1. The fourth-order valence-corrected chi connectivity index (χ4v) is 2.39. The molecule has 0 fully saturated rings. The molecule has 0 aliphatic heterocycles. The minimum atomic E-state index is -0.776. The van der Waals surface area contributed by atoms with Gasteiger partial charge in [0.05, 0.1) is 12.5 Å². The van der Waals surface area contributed by atoms with E-state index in [9.17, 15) is 4.79 Å². The second-order valence-electron chi connectivity index (χ2n) is 3.26. The van der Waals surface area contributed by atoms with Crippen molar-refractivity contribution in [3.8, 4) is 0 Å². The fourth-order valence-electron chi connectivity index (χ4n) is 1.55. The van der Waals surface area contributed by atoms with E-state index in [2.05, 4.69) is 0 Å². The third-order valence-electron chi connectivity index (χ3n) is 2.23. The quantitative estimate of drug-likeness (QED) is 0.862. The SMILES string of the molecule is O=C(O)C[C@@H](c1cccs1)n1cccc1. The summed E-state index contributed by atoms with van der Waals surface area (Å²) in [4.78, 5) is 11.9. The van der Waals surface area contributed by atoms with Gasteiger partial charge in [0, 0.05) is 17.3 Å². The van der Waals surface area contributed by atoms with Crippen LogP contribution in [0.4, 0.5) is 0 Å². The predicted octanol–water partition coefficient (Wildman–Crippen LogP) is 2.61. The van der Waals surface area contributed by atoms with Crippen LogP contribution in [0.2, 0.25) is 0 Å². The molecular formula is C11H11NO2S. The van der Waals surface area contributed by atoms with Crippen LogP contribution in [0.25, 0.3) is 0 Å². The van der Waals surface area contributed by atoms with E-state index in [1.165, 1.54) is 0 Å². The summed E-state index contributed by atoms with van der Waals surface area (Å²) in [5, 5.41) is 10.8. The molecule has 0 unspecified atom stereocenters. The van der Waals surface area contributed by atoms with Gasteiger partial charge in [-0.15, -0.1) is 11.3 Å². The average molecular weight is 221 g/mol. The molecule has 0 aromatic carbocycles. The largest absolute Gasteiger partial charge is 0.481 e. The van der Waals surface area contributed by atoms with Crippen LogP contribution < -0.4 is 0 Å². The molecule has 0 aliphatic carbocycles. The number of nitrogens with zero attached hydrogens (tertiary/aromatic N) is 1. The first-order chi connectivity index (χ1) is 7.27. The van der Waals surface area contributed by atoms with Gasteiger partial charge in [-0.2, -0.15) is 0 Å². The van der Waals surface area contributed by atoms with Gasteiger partial charge in [0.2, 0.25) is 0 Å². The number of thiophene rings is 1. The van der Waals surface area contributed by atoms with Crippen molar-refractivity contribution in [3.63, 3.8) is 0 Å². The normalized spacial score (nSPS) is 12.5. The van der Waals surface area contributed by atoms with E-state index in [1.54, 1.807) is 11.3 Å². The van der Waals surface area contributed by atoms with E-state index in [-0.39, 0.29) is 12.5 Å². The molecule has 4 heteroatoms. The third kappa shape index (κ3) is 2.27. The van der Waals surface area contributed by atoms with Gasteiger partial charge in [-0.1, -0.05) is 6.07 Å². The molecule has 1 N–H and O–H groups in total. The molecule has 0 saturated carbocycles. The second-order valence-corrected chi connectivity index (χ2v) is 4.24. The molecule has 0 bridgehead atoms. The van der Waals surface area contributed by atoms with E-state index < -0.39 is 5.97 Å². The van der Waals surface area contributed by atoms with Crippen LogP contribution in [-0.2, 0) is 4.79 Å². The Balaban J connectivity index is 2.29. The van der Waals surface area contributed by atoms with Crippen LogP contribution in [0.3, 0.4) is 0 Å². The van der Waals surface area contributed by atoms with Crippen molar-refractivity contribution in [2.75, 3.05) is 0 Å². The Hall–Kier alpha value is -1.55.